The van der Waals surface area contributed by atoms with Crippen LogP contribution in [0, 0.1) is 18.3 Å². The van der Waals surface area contributed by atoms with Crippen LogP contribution in [0.2, 0.25) is 0 Å². The van der Waals surface area contributed by atoms with E-state index in [4.69, 9.17) is 4.74 Å². The minimum atomic E-state index is -0.472. The van der Waals surface area contributed by atoms with Gasteiger partial charge in [-0.15, -0.1) is 0 Å². The van der Waals surface area contributed by atoms with E-state index in [1.165, 1.54) is 6.33 Å². The van der Waals surface area contributed by atoms with Crippen molar-refractivity contribution in [1.29, 1.82) is 0 Å². The molecule has 0 N–H and O–H groups in total. The maximum Gasteiger partial charge on any atom is 0.314 e. The summed E-state index contributed by atoms with van der Waals surface area (Å²) in [4.78, 5) is 23.3. The largest absolute Gasteiger partial charge is 0.466 e. The van der Waals surface area contributed by atoms with E-state index in [1.807, 2.05) is 19.9 Å². The lowest BCUT2D eigenvalue weighted by Gasteiger charge is -2.31. The fraction of sp³-hybridized carbons (Fsp3) is 0.625. The van der Waals surface area contributed by atoms with Crippen LogP contribution in [0.25, 0.3) is 5.78 Å². The van der Waals surface area contributed by atoms with Crippen molar-refractivity contribution in [2.24, 2.45) is 11.3 Å². The zero-order chi connectivity index (χ0) is 16.6. The number of carbonyl (C=O) groups excluding carboxylic acids is 1. The van der Waals surface area contributed by atoms with Gasteiger partial charge in [-0.25, -0.2) is 4.98 Å². The van der Waals surface area contributed by atoms with Crippen LogP contribution in [0.15, 0.2) is 12.4 Å². The molecule has 1 aliphatic rings. The molecule has 0 aliphatic carbocycles. The first-order valence-electron chi connectivity index (χ1n) is 8.07. The molecule has 3 heterocycles. The molecular weight excluding hydrogens is 294 g/mol. The van der Waals surface area contributed by atoms with Gasteiger partial charge < -0.3 is 9.64 Å². The van der Waals surface area contributed by atoms with Gasteiger partial charge >= 0.3 is 5.97 Å². The summed E-state index contributed by atoms with van der Waals surface area (Å²) in [6, 6.07) is 1.99. The summed E-state index contributed by atoms with van der Waals surface area (Å²) < 4.78 is 7.09. The van der Waals surface area contributed by atoms with Gasteiger partial charge in [-0.3, -0.25) is 4.79 Å². The standard InChI is InChI=1S/C16H23N5O2/c1-5-23-14(22)16(11(2)3)6-7-20(9-16)13-8-12(4)19-15-17-10-18-21(13)15/h8,10-11H,5-7,9H2,1-4H3. The molecule has 3 rings (SSSR count). The summed E-state index contributed by atoms with van der Waals surface area (Å²) in [6.07, 6.45) is 2.28. The Bertz CT molecular complexity index is 726. The number of fused-ring (bicyclic) bond motifs is 1. The Morgan fingerprint density at radius 3 is 2.96 bits per heavy atom. The van der Waals surface area contributed by atoms with Crippen molar-refractivity contribution in [3.63, 3.8) is 0 Å². The number of anilines is 1. The highest BCUT2D eigenvalue weighted by Gasteiger charge is 2.48. The lowest BCUT2D eigenvalue weighted by molar-refractivity contribution is -0.156. The number of rotatable bonds is 4. The maximum atomic E-state index is 12.6. The van der Waals surface area contributed by atoms with Crippen LogP contribution in [0.3, 0.4) is 0 Å². The number of hydrogen-bond acceptors (Lipinski definition) is 6. The molecule has 2 aromatic heterocycles. The molecule has 1 unspecified atom stereocenters. The maximum absolute atomic E-state index is 12.6. The Morgan fingerprint density at radius 2 is 2.26 bits per heavy atom. The number of nitrogens with zero attached hydrogens (tertiary/aromatic N) is 5. The molecule has 0 spiro atoms. The third-order valence-corrected chi connectivity index (χ3v) is 4.77. The predicted octanol–water partition coefficient (Wildman–Crippen LogP) is 1.85. The third-order valence-electron chi connectivity index (χ3n) is 4.77. The first kappa shape index (κ1) is 15.7. The molecule has 23 heavy (non-hydrogen) atoms. The fourth-order valence-electron chi connectivity index (χ4n) is 3.31. The highest BCUT2D eigenvalue weighted by Crippen LogP contribution is 2.40. The van der Waals surface area contributed by atoms with Crippen molar-refractivity contribution >= 4 is 17.6 Å². The summed E-state index contributed by atoms with van der Waals surface area (Å²) in [5, 5.41) is 4.26. The van der Waals surface area contributed by atoms with Gasteiger partial charge in [-0.2, -0.15) is 14.6 Å². The van der Waals surface area contributed by atoms with Crippen LogP contribution >= 0.6 is 0 Å². The van der Waals surface area contributed by atoms with Crippen molar-refractivity contribution < 1.29 is 9.53 Å². The third kappa shape index (κ3) is 2.54. The van der Waals surface area contributed by atoms with Crippen LogP contribution < -0.4 is 4.90 Å². The number of aryl methyl sites for hydroxylation is 1. The minimum absolute atomic E-state index is 0.0990. The molecule has 1 atom stereocenters. The van der Waals surface area contributed by atoms with Crippen LogP contribution in [0.4, 0.5) is 5.82 Å². The van der Waals surface area contributed by atoms with Gasteiger partial charge in [0, 0.05) is 24.8 Å². The Kier molecular flexibility index (Phi) is 3.95. The highest BCUT2D eigenvalue weighted by atomic mass is 16.5. The van der Waals surface area contributed by atoms with Crippen molar-refractivity contribution in [2.45, 2.75) is 34.1 Å². The number of esters is 1. The van der Waals surface area contributed by atoms with E-state index in [0.29, 0.717) is 18.9 Å². The molecule has 7 heteroatoms. The lowest BCUT2D eigenvalue weighted by Crippen LogP contribution is -2.41. The Labute approximate surface area is 135 Å². The van der Waals surface area contributed by atoms with Gasteiger partial charge in [-0.05, 0) is 26.2 Å². The Hall–Kier alpha value is -2.18. The van der Waals surface area contributed by atoms with E-state index in [0.717, 1.165) is 24.5 Å². The average molecular weight is 317 g/mol. The Balaban J connectivity index is 1.96. The molecule has 7 nitrogen and oxygen atoms in total. The van der Waals surface area contributed by atoms with E-state index >= 15 is 0 Å². The summed E-state index contributed by atoms with van der Waals surface area (Å²) in [5.74, 6) is 1.62. The summed E-state index contributed by atoms with van der Waals surface area (Å²) in [6.45, 7) is 9.79. The predicted molar refractivity (Wildman–Crippen MR) is 86.3 cm³/mol. The molecule has 124 valence electrons. The van der Waals surface area contributed by atoms with Crippen molar-refractivity contribution in [3.05, 3.63) is 18.1 Å². The average Bonchev–Trinajstić information content (AvgIpc) is 3.13. The normalized spacial score (nSPS) is 21.3. The first-order chi connectivity index (χ1) is 11.0. The van der Waals surface area contributed by atoms with Crippen LogP contribution in [-0.2, 0) is 9.53 Å². The second-order valence-corrected chi connectivity index (χ2v) is 6.43. The summed E-state index contributed by atoms with van der Waals surface area (Å²) >= 11 is 0. The van der Waals surface area contributed by atoms with Gasteiger partial charge in [0.25, 0.3) is 5.78 Å². The number of aromatic nitrogens is 4. The molecule has 2 aromatic rings. The lowest BCUT2D eigenvalue weighted by atomic mass is 9.76. The van der Waals surface area contributed by atoms with Gasteiger partial charge in [0.1, 0.15) is 12.1 Å². The highest BCUT2D eigenvalue weighted by molar-refractivity contribution is 5.79. The molecule has 0 amide bonds. The first-order valence-corrected chi connectivity index (χ1v) is 8.07. The van der Waals surface area contributed by atoms with Crippen LogP contribution in [-0.4, -0.2) is 45.2 Å². The van der Waals surface area contributed by atoms with E-state index in [1.54, 1.807) is 4.52 Å². The van der Waals surface area contributed by atoms with Gasteiger partial charge in [0.05, 0.1) is 12.0 Å². The van der Waals surface area contributed by atoms with Gasteiger partial charge in [0.15, 0.2) is 0 Å². The fourth-order valence-corrected chi connectivity index (χ4v) is 3.31. The van der Waals surface area contributed by atoms with E-state index in [-0.39, 0.29) is 11.9 Å². The van der Waals surface area contributed by atoms with Crippen molar-refractivity contribution in [3.8, 4) is 0 Å². The number of hydrogen-bond donors (Lipinski definition) is 0. The molecule has 1 saturated heterocycles. The molecule has 0 radical (unpaired) electrons. The topological polar surface area (TPSA) is 72.6 Å². The molecule has 0 saturated carbocycles. The smallest absolute Gasteiger partial charge is 0.314 e. The second kappa shape index (κ2) is 5.79. The molecule has 0 bridgehead atoms. The number of ether oxygens (including phenoxy) is 1. The van der Waals surface area contributed by atoms with E-state index in [2.05, 4.69) is 33.8 Å². The van der Waals surface area contributed by atoms with Gasteiger partial charge in [0.2, 0.25) is 0 Å². The van der Waals surface area contributed by atoms with E-state index < -0.39 is 5.41 Å². The number of carbonyl (C=O) groups is 1. The molecular formula is C16H23N5O2. The van der Waals surface area contributed by atoms with Crippen LogP contribution in [0.5, 0.6) is 0 Å². The monoisotopic (exact) mass is 317 g/mol. The van der Waals surface area contributed by atoms with Crippen molar-refractivity contribution in [2.75, 3.05) is 24.6 Å². The molecule has 1 aliphatic heterocycles. The zero-order valence-electron chi connectivity index (χ0n) is 14.1. The Morgan fingerprint density at radius 1 is 1.48 bits per heavy atom. The summed E-state index contributed by atoms with van der Waals surface area (Å²) in [5.41, 5.74) is 0.416. The molecule has 0 aromatic carbocycles. The quantitative estimate of drug-likeness (QED) is 0.801. The van der Waals surface area contributed by atoms with Crippen LogP contribution in [0.1, 0.15) is 32.9 Å². The summed E-state index contributed by atoms with van der Waals surface area (Å²) in [7, 11) is 0. The minimum Gasteiger partial charge on any atom is -0.466 e. The molecule has 1 fully saturated rings. The SMILES string of the molecule is CCOC(=O)C1(C(C)C)CCN(c2cc(C)nc3ncnn23)C1. The van der Waals surface area contributed by atoms with Crippen molar-refractivity contribution in [1.82, 2.24) is 19.6 Å². The van der Waals surface area contributed by atoms with Gasteiger partial charge in [-0.1, -0.05) is 13.8 Å². The van der Waals surface area contributed by atoms with E-state index in [9.17, 15) is 4.79 Å². The zero-order valence-corrected chi connectivity index (χ0v) is 14.1. The second-order valence-electron chi connectivity index (χ2n) is 6.43.